The van der Waals surface area contributed by atoms with Crippen LogP contribution >= 0.6 is 11.8 Å². The Hall–Kier alpha value is -2.45. The van der Waals surface area contributed by atoms with Gasteiger partial charge in [-0.1, -0.05) is 49.0 Å². The van der Waals surface area contributed by atoms with Crippen molar-refractivity contribution in [1.82, 2.24) is 0 Å². The number of hydrogen-bond acceptors (Lipinski definition) is 3. The zero-order valence-corrected chi connectivity index (χ0v) is 17.3. The van der Waals surface area contributed by atoms with Crippen LogP contribution in [0.5, 0.6) is 0 Å². The highest BCUT2D eigenvalue weighted by molar-refractivity contribution is 7.99. The highest BCUT2D eigenvalue weighted by Gasteiger charge is 2.19. The third-order valence-corrected chi connectivity index (χ3v) is 5.01. The van der Waals surface area contributed by atoms with E-state index in [2.05, 4.69) is 10.6 Å². The van der Waals surface area contributed by atoms with Gasteiger partial charge in [-0.15, -0.1) is 0 Å². The van der Waals surface area contributed by atoms with Crippen LogP contribution in [-0.2, 0) is 9.59 Å². The number of benzene rings is 2. The largest absolute Gasteiger partial charge is 0.321 e. The lowest BCUT2D eigenvalue weighted by molar-refractivity contribution is -0.883. The summed E-state index contributed by atoms with van der Waals surface area (Å²) in [6.07, 6.45) is 0.804. The molecule has 2 amide bonds. The van der Waals surface area contributed by atoms with E-state index in [9.17, 15) is 18.4 Å². The second-order valence-corrected chi connectivity index (χ2v) is 7.67. The van der Waals surface area contributed by atoms with Gasteiger partial charge in [-0.3, -0.25) is 9.59 Å². The van der Waals surface area contributed by atoms with Crippen molar-refractivity contribution >= 4 is 35.0 Å². The van der Waals surface area contributed by atoms with Gasteiger partial charge in [0.15, 0.2) is 13.1 Å². The monoisotopic (exact) mass is 422 g/mol. The fraction of sp³-hybridized carbons (Fsp3) is 0.333. The molecule has 29 heavy (non-hydrogen) atoms. The topological polar surface area (TPSA) is 62.6 Å². The molecule has 0 aliphatic carbocycles. The van der Waals surface area contributed by atoms with Crippen LogP contribution in [0, 0.1) is 6.92 Å². The number of carbonyl (C=O) groups is 2. The summed E-state index contributed by atoms with van der Waals surface area (Å²) in [6.45, 7) is 4.74. The summed E-state index contributed by atoms with van der Waals surface area (Å²) < 4.78 is 25.4. The molecule has 8 heteroatoms. The average Bonchev–Trinajstić information content (AvgIpc) is 2.65. The number of aryl methyl sites for hydroxylation is 1. The van der Waals surface area contributed by atoms with E-state index >= 15 is 0 Å². The normalized spacial score (nSPS) is 11.9. The highest BCUT2D eigenvalue weighted by Crippen LogP contribution is 2.31. The number of anilines is 2. The maximum Gasteiger partial charge on any atom is 0.288 e. The molecule has 0 aliphatic heterocycles. The molecule has 0 fully saturated rings. The Morgan fingerprint density at radius 1 is 0.966 bits per heavy atom. The molecule has 0 saturated carbocycles. The van der Waals surface area contributed by atoms with Gasteiger partial charge in [0.05, 0.1) is 12.2 Å². The fourth-order valence-corrected chi connectivity index (χ4v) is 3.51. The molecule has 1 atom stereocenters. The highest BCUT2D eigenvalue weighted by atomic mass is 32.2. The molecule has 0 heterocycles. The Labute approximate surface area is 173 Å². The zero-order chi connectivity index (χ0) is 21.2. The van der Waals surface area contributed by atoms with Crippen LogP contribution in [0.1, 0.15) is 18.9 Å². The molecule has 2 aromatic carbocycles. The van der Waals surface area contributed by atoms with Crippen molar-refractivity contribution in [2.24, 2.45) is 0 Å². The Bertz CT molecular complexity index is 833. The first kappa shape index (κ1) is 22.8. The van der Waals surface area contributed by atoms with Gasteiger partial charge < -0.3 is 15.5 Å². The van der Waals surface area contributed by atoms with Crippen LogP contribution in [-0.4, -0.2) is 37.2 Å². The van der Waals surface area contributed by atoms with Crippen LogP contribution in [0.25, 0.3) is 0 Å². The van der Waals surface area contributed by atoms with Gasteiger partial charge in [-0.25, -0.2) is 0 Å². The molecule has 0 aromatic heterocycles. The summed E-state index contributed by atoms with van der Waals surface area (Å²) in [4.78, 5) is 26.0. The molecule has 2 rings (SSSR count). The van der Waals surface area contributed by atoms with E-state index in [-0.39, 0.29) is 24.9 Å². The third-order valence-electron chi connectivity index (χ3n) is 4.22. The van der Waals surface area contributed by atoms with Crippen molar-refractivity contribution in [3.8, 4) is 0 Å². The molecular formula is C21H26F2N3O2S+. The predicted molar refractivity (Wildman–Crippen MR) is 113 cm³/mol. The van der Waals surface area contributed by atoms with E-state index in [0.717, 1.165) is 22.6 Å². The number of carbonyl (C=O) groups excluding carboxylic acids is 2. The number of nitrogens with one attached hydrogen (secondary N) is 3. The third kappa shape index (κ3) is 7.83. The average molecular weight is 423 g/mol. The van der Waals surface area contributed by atoms with E-state index in [1.165, 1.54) is 0 Å². The van der Waals surface area contributed by atoms with Crippen molar-refractivity contribution in [2.45, 2.75) is 30.9 Å². The van der Waals surface area contributed by atoms with Crippen LogP contribution in [0.2, 0.25) is 0 Å². The Balaban J connectivity index is 1.96. The summed E-state index contributed by atoms with van der Waals surface area (Å²) in [5.41, 5.74) is 2.06. The van der Waals surface area contributed by atoms with Gasteiger partial charge in [0.25, 0.3) is 17.6 Å². The molecule has 1 unspecified atom stereocenters. The summed E-state index contributed by atoms with van der Waals surface area (Å²) in [6, 6.07) is 13.9. The predicted octanol–water partition coefficient (Wildman–Crippen LogP) is 3.18. The number of quaternary nitrogens is 1. The van der Waals surface area contributed by atoms with Crippen molar-refractivity contribution in [2.75, 3.05) is 30.3 Å². The Kier molecular flexibility index (Phi) is 9.08. The fourth-order valence-electron chi connectivity index (χ4n) is 2.92. The van der Waals surface area contributed by atoms with E-state index in [1.807, 2.05) is 38.1 Å². The van der Waals surface area contributed by atoms with Gasteiger partial charge >= 0.3 is 0 Å². The van der Waals surface area contributed by atoms with Crippen LogP contribution in [0.15, 0.2) is 53.4 Å². The van der Waals surface area contributed by atoms with Crippen LogP contribution in [0.3, 0.4) is 0 Å². The maximum atomic E-state index is 12.7. The standard InChI is InChI=1S/C21H25F2N3O2S/c1-3-12-26(13-19(27)24-16-9-5-4-8-15(16)2)14-20(28)25-17-10-6-7-11-18(17)29-21(22)23/h4-11,21H,3,12-14H2,1-2H3,(H,24,27)(H,25,28)/p+1. The molecular weight excluding hydrogens is 396 g/mol. The molecule has 0 saturated heterocycles. The van der Waals surface area contributed by atoms with E-state index < -0.39 is 5.76 Å². The number of para-hydroxylation sites is 2. The van der Waals surface area contributed by atoms with Crippen molar-refractivity contribution < 1.29 is 23.3 Å². The van der Waals surface area contributed by atoms with E-state index in [0.29, 0.717) is 28.9 Å². The van der Waals surface area contributed by atoms with Gasteiger partial charge in [0, 0.05) is 10.6 Å². The summed E-state index contributed by atoms with van der Waals surface area (Å²) >= 11 is 0.390. The second-order valence-electron chi connectivity index (χ2n) is 6.64. The van der Waals surface area contributed by atoms with Crippen LogP contribution < -0.4 is 15.5 Å². The smallest absolute Gasteiger partial charge is 0.288 e. The number of amides is 2. The van der Waals surface area contributed by atoms with Crippen molar-refractivity contribution in [1.29, 1.82) is 0 Å². The number of alkyl halides is 2. The minimum Gasteiger partial charge on any atom is -0.321 e. The van der Waals surface area contributed by atoms with Gasteiger partial charge in [0.2, 0.25) is 0 Å². The minimum absolute atomic E-state index is 0.0721. The first-order valence-corrected chi connectivity index (χ1v) is 10.3. The number of hydrogen-bond donors (Lipinski definition) is 3. The quantitative estimate of drug-likeness (QED) is 0.516. The molecule has 2 aromatic rings. The van der Waals surface area contributed by atoms with Gasteiger partial charge in [-0.2, -0.15) is 8.78 Å². The second kappa shape index (κ2) is 11.5. The van der Waals surface area contributed by atoms with E-state index in [1.54, 1.807) is 24.3 Å². The van der Waals surface area contributed by atoms with Gasteiger partial charge in [0.1, 0.15) is 0 Å². The van der Waals surface area contributed by atoms with Crippen LogP contribution in [0.4, 0.5) is 20.2 Å². The molecule has 0 spiro atoms. The molecule has 5 nitrogen and oxygen atoms in total. The molecule has 3 N–H and O–H groups in total. The molecule has 156 valence electrons. The Morgan fingerprint density at radius 3 is 2.10 bits per heavy atom. The SMILES string of the molecule is CCC[NH+](CC(=O)Nc1ccccc1C)CC(=O)Nc1ccccc1SC(F)F. The first-order chi connectivity index (χ1) is 13.9. The Morgan fingerprint density at radius 2 is 1.52 bits per heavy atom. The lowest BCUT2D eigenvalue weighted by Gasteiger charge is -2.19. The van der Waals surface area contributed by atoms with Gasteiger partial charge in [-0.05, 0) is 37.1 Å². The first-order valence-electron chi connectivity index (χ1n) is 9.41. The maximum absolute atomic E-state index is 12.7. The van der Waals surface area contributed by atoms with Crippen molar-refractivity contribution in [3.63, 3.8) is 0 Å². The van der Waals surface area contributed by atoms with E-state index in [4.69, 9.17) is 0 Å². The minimum atomic E-state index is -2.57. The number of thioether (sulfide) groups is 1. The molecule has 0 bridgehead atoms. The summed E-state index contributed by atoms with van der Waals surface area (Å²) in [5, 5.41) is 5.57. The lowest BCUT2D eigenvalue weighted by atomic mass is 10.2. The summed E-state index contributed by atoms with van der Waals surface area (Å²) in [7, 11) is 0. The summed E-state index contributed by atoms with van der Waals surface area (Å²) in [5.74, 6) is -3.07. The lowest BCUT2D eigenvalue weighted by Crippen LogP contribution is -3.14. The zero-order valence-electron chi connectivity index (χ0n) is 16.5. The van der Waals surface area contributed by atoms with Crippen molar-refractivity contribution in [3.05, 3.63) is 54.1 Å². The molecule has 0 radical (unpaired) electrons. The molecule has 0 aliphatic rings. The number of halogens is 2. The number of rotatable bonds is 10.